The summed E-state index contributed by atoms with van der Waals surface area (Å²) < 4.78 is 0. The van der Waals surface area contributed by atoms with Crippen molar-refractivity contribution in [2.45, 2.75) is 34.1 Å². The molecule has 0 fully saturated rings. The Bertz CT molecular complexity index is 712. The first kappa shape index (κ1) is 22.3. The van der Waals surface area contributed by atoms with E-state index in [0.29, 0.717) is 26.2 Å². The summed E-state index contributed by atoms with van der Waals surface area (Å²) in [6.45, 7) is 10.6. The second kappa shape index (κ2) is 11.1. The van der Waals surface area contributed by atoms with Crippen molar-refractivity contribution in [3.8, 4) is 0 Å². The molecule has 0 heterocycles. The lowest BCUT2D eigenvalue weighted by molar-refractivity contribution is 0.216. The molecule has 0 aliphatic rings. The van der Waals surface area contributed by atoms with E-state index in [9.17, 15) is 9.59 Å². The van der Waals surface area contributed by atoms with Crippen LogP contribution in [0.5, 0.6) is 0 Å². The Morgan fingerprint density at radius 1 is 0.621 bits per heavy atom. The number of carbonyl (C=O) groups excluding carboxylic acids is 2. The molecule has 0 atom stereocenters. The Hall–Kier alpha value is -3.02. The smallest absolute Gasteiger partial charge is 0.321 e. The zero-order valence-corrected chi connectivity index (χ0v) is 17.9. The van der Waals surface area contributed by atoms with E-state index in [0.717, 1.165) is 28.9 Å². The highest BCUT2D eigenvalue weighted by molar-refractivity contribution is 5.89. The molecular formula is C23H32N4O2. The summed E-state index contributed by atoms with van der Waals surface area (Å²) in [5.74, 6) is 0. The molecule has 0 aromatic heterocycles. The fourth-order valence-electron chi connectivity index (χ4n) is 3.07. The lowest BCUT2D eigenvalue weighted by Gasteiger charge is -2.19. The van der Waals surface area contributed by atoms with Crippen molar-refractivity contribution in [3.05, 3.63) is 59.7 Å². The van der Waals surface area contributed by atoms with Crippen molar-refractivity contribution in [3.63, 3.8) is 0 Å². The molecule has 29 heavy (non-hydrogen) atoms. The normalized spacial score (nSPS) is 10.3. The van der Waals surface area contributed by atoms with Crippen LogP contribution in [0.25, 0.3) is 0 Å². The topological polar surface area (TPSA) is 64.7 Å². The van der Waals surface area contributed by atoms with Gasteiger partial charge in [0, 0.05) is 37.6 Å². The predicted octanol–water partition coefficient (Wildman–Crippen LogP) is 5.02. The Kier molecular flexibility index (Phi) is 8.52. The molecule has 0 spiro atoms. The first-order chi connectivity index (χ1) is 14.0. The number of amides is 4. The van der Waals surface area contributed by atoms with Crippen LogP contribution in [0.2, 0.25) is 0 Å². The van der Waals surface area contributed by atoms with Crippen LogP contribution in [-0.4, -0.2) is 48.0 Å². The van der Waals surface area contributed by atoms with Crippen LogP contribution in [-0.2, 0) is 6.42 Å². The summed E-state index contributed by atoms with van der Waals surface area (Å²) in [6, 6.07) is 15.6. The number of hydrogen-bond acceptors (Lipinski definition) is 2. The largest absolute Gasteiger partial charge is 0.325 e. The fraction of sp³-hybridized carbons (Fsp3) is 0.391. The van der Waals surface area contributed by atoms with E-state index in [2.05, 4.69) is 10.6 Å². The molecule has 156 valence electrons. The van der Waals surface area contributed by atoms with E-state index in [1.54, 1.807) is 9.80 Å². The predicted molar refractivity (Wildman–Crippen MR) is 120 cm³/mol. The van der Waals surface area contributed by atoms with Gasteiger partial charge in [-0.25, -0.2) is 9.59 Å². The number of hydrogen-bond donors (Lipinski definition) is 2. The molecular weight excluding hydrogens is 364 g/mol. The molecule has 4 amide bonds. The van der Waals surface area contributed by atoms with Crippen LogP contribution in [0.15, 0.2) is 48.5 Å². The second-order valence-electron chi connectivity index (χ2n) is 6.78. The highest BCUT2D eigenvalue weighted by atomic mass is 16.2. The van der Waals surface area contributed by atoms with E-state index in [1.165, 1.54) is 0 Å². The summed E-state index contributed by atoms with van der Waals surface area (Å²) in [5, 5.41) is 5.84. The van der Waals surface area contributed by atoms with Crippen LogP contribution < -0.4 is 10.6 Å². The quantitative estimate of drug-likeness (QED) is 0.658. The maximum Gasteiger partial charge on any atom is 0.321 e. The molecule has 2 aromatic rings. The van der Waals surface area contributed by atoms with Gasteiger partial charge in [-0.15, -0.1) is 0 Å². The third kappa shape index (κ3) is 6.52. The van der Waals surface area contributed by atoms with Crippen molar-refractivity contribution < 1.29 is 9.59 Å². The minimum absolute atomic E-state index is 0.0786. The Labute approximate surface area is 173 Å². The summed E-state index contributed by atoms with van der Waals surface area (Å²) >= 11 is 0. The number of nitrogens with zero attached hydrogens (tertiary/aromatic N) is 2. The van der Waals surface area contributed by atoms with E-state index in [-0.39, 0.29) is 12.1 Å². The van der Waals surface area contributed by atoms with Gasteiger partial charge in [0.1, 0.15) is 0 Å². The van der Waals surface area contributed by atoms with E-state index in [4.69, 9.17) is 0 Å². The van der Waals surface area contributed by atoms with Crippen LogP contribution >= 0.6 is 0 Å². The van der Waals surface area contributed by atoms with Crippen LogP contribution in [0, 0.1) is 0 Å². The van der Waals surface area contributed by atoms with Crippen LogP contribution in [0.3, 0.4) is 0 Å². The molecule has 0 saturated carbocycles. The third-order valence-electron chi connectivity index (χ3n) is 4.92. The highest BCUT2D eigenvalue weighted by Gasteiger charge is 2.10. The minimum atomic E-state index is -0.0786. The number of benzene rings is 2. The first-order valence-electron chi connectivity index (χ1n) is 10.3. The van der Waals surface area contributed by atoms with Gasteiger partial charge in [-0.05, 0) is 69.5 Å². The van der Waals surface area contributed by atoms with Gasteiger partial charge in [0.05, 0.1) is 0 Å². The fourth-order valence-corrected chi connectivity index (χ4v) is 3.07. The summed E-state index contributed by atoms with van der Waals surface area (Å²) in [7, 11) is 0. The van der Waals surface area contributed by atoms with Gasteiger partial charge < -0.3 is 20.4 Å². The van der Waals surface area contributed by atoms with Gasteiger partial charge in [0.2, 0.25) is 0 Å². The van der Waals surface area contributed by atoms with Gasteiger partial charge in [-0.2, -0.15) is 0 Å². The maximum atomic E-state index is 12.1. The van der Waals surface area contributed by atoms with Crippen molar-refractivity contribution in [1.29, 1.82) is 0 Å². The van der Waals surface area contributed by atoms with Gasteiger partial charge in [0.25, 0.3) is 0 Å². The summed E-state index contributed by atoms with van der Waals surface area (Å²) in [6.07, 6.45) is 0.786. The molecule has 0 bridgehead atoms. The minimum Gasteiger partial charge on any atom is -0.325 e. The molecule has 0 radical (unpaired) electrons. The molecule has 2 N–H and O–H groups in total. The lowest BCUT2D eigenvalue weighted by atomic mass is 10.0. The van der Waals surface area contributed by atoms with Crippen LogP contribution in [0.1, 0.15) is 38.8 Å². The third-order valence-corrected chi connectivity index (χ3v) is 4.92. The Morgan fingerprint density at radius 3 is 1.21 bits per heavy atom. The van der Waals surface area contributed by atoms with Crippen molar-refractivity contribution >= 4 is 23.4 Å². The number of nitrogens with one attached hydrogen (secondary N) is 2. The average Bonchev–Trinajstić information content (AvgIpc) is 2.73. The van der Waals surface area contributed by atoms with Crippen molar-refractivity contribution in [2.24, 2.45) is 0 Å². The zero-order valence-electron chi connectivity index (χ0n) is 17.9. The molecule has 0 unspecified atom stereocenters. The average molecular weight is 397 g/mol. The number of rotatable bonds is 8. The van der Waals surface area contributed by atoms with E-state index < -0.39 is 0 Å². The van der Waals surface area contributed by atoms with Crippen molar-refractivity contribution in [2.75, 3.05) is 36.8 Å². The summed E-state index contributed by atoms with van der Waals surface area (Å²) in [5.41, 5.74) is 3.90. The van der Waals surface area contributed by atoms with Gasteiger partial charge in [-0.3, -0.25) is 0 Å². The maximum absolute atomic E-state index is 12.1. The number of anilines is 2. The SMILES string of the molecule is CCN(CC)C(=O)Nc1ccc(Cc2ccc(NC(=O)N(CC)CC)cc2)cc1. The molecule has 0 aliphatic carbocycles. The molecule has 2 aromatic carbocycles. The van der Waals surface area contributed by atoms with Crippen LogP contribution in [0.4, 0.5) is 21.0 Å². The zero-order chi connectivity index (χ0) is 21.2. The summed E-state index contributed by atoms with van der Waals surface area (Å²) in [4.78, 5) is 27.7. The molecule has 6 nitrogen and oxygen atoms in total. The number of carbonyl (C=O) groups is 2. The van der Waals surface area contributed by atoms with Gasteiger partial charge >= 0.3 is 12.1 Å². The van der Waals surface area contributed by atoms with E-state index >= 15 is 0 Å². The Balaban J connectivity index is 1.93. The lowest BCUT2D eigenvalue weighted by Crippen LogP contribution is -2.34. The standard InChI is InChI=1S/C23H32N4O2/c1-5-26(6-2)22(28)24-20-13-9-18(10-14-20)17-19-11-15-21(16-12-19)25-23(29)27(7-3)8-4/h9-16H,5-8,17H2,1-4H3,(H,24,28)(H,25,29). The number of urea groups is 2. The second-order valence-corrected chi connectivity index (χ2v) is 6.78. The monoisotopic (exact) mass is 396 g/mol. The first-order valence-corrected chi connectivity index (χ1v) is 10.3. The van der Waals surface area contributed by atoms with Crippen molar-refractivity contribution in [1.82, 2.24) is 9.80 Å². The van der Waals surface area contributed by atoms with Gasteiger partial charge in [-0.1, -0.05) is 24.3 Å². The molecule has 0 saturated heterocycles. The molecule has 6 heteroatoms. The molecule has 0 aliphatic heterocycles. The van der Waals surface area contributed by atoms with E-state index in [1.807, 2.05) is 76.2 Å². The Morgan fingerprint density at radius 2 is 0.931 bits per heavy atom. The van der Waals surface area contributed by atoms with Gasteiger partial charge in [0.15, 0.2) is 0 Å². The highest BCUT2D eigenvalue weighted by Crippen LogP contribution is 2.16. The molecule has 2 rings (SSSR count).